The molecule has 0 aliphatic heterocycles. The number of halogens is 1. The predicted molar refractivity (Wildman–Crippen MR) is 101 cm³/mol. The van der Waals surface area contributed by atoms with Gasteiger partial charge in [0.1, 0.15) is 0 Å². The second-order valence-electron chi connectivity index (χ2n) is 8.62. The highest BCUT2D eigenvalue weighted by molar-refractivity contribution is 9.10. The molecule has 0 saturated heterocycles. The van der Waals surface area contributed by atoms with Gasteiger partial charge < -0.3 is 5.32 Å². The van der Waals surface area contributed by atoms with Gasteiger partial charge in [0.15, 0.2) is 0 Å². The summed E-state index contributed by atoms with van der Waals surface area (Å²) in [6.07, 6.45) is 8.24. The Balaban J connectivity index is 1.45. The third-order valence-corrected chi connectivity index (χ3v) is 7.67. The van der Waals surface area contributed by atoms with Crippen LogP contribution < -0.4 is 5.32 Å². The molecular weight excluding hydrogens is 362 g/mol. The Morgan fingerprint density at radius 3 is 2.46 bits per heavy atom. The molecule has 1 aromatic carbocycles. The van der Waals surface area contributed by atoms with Crippen molar-refractivity contribution in [2.75, 3.05) is 6.54 Å². The monoisotopic (exact) mass is 389 g/mol. The molecule has 0 heterocycles. The minimum atomic E-state index is -0.0947. The van der Waals surface area contributed by atoms with Crippen molar-refractivity contribution in [1.82, 2.24) is 5.32 Å². The Bertz CT molecular complexity index is 600. The molecule has 3 atom stereocenters. The van der Waals surface area contributed by atoms with Crippen LogP contribution in [0.4, 0.5) is 0 Å². The van der Waals surface area contributed by atoms with E-state index in [1.54, 1.807) is 0 Å². The van der Waals surface area contributed by atoms with Gasteiger partial charge in [-0.05, 0) is 62.3 Å². The lowest BCUT2D eigenvalue weighted by atomic mass is 9.49. The molecule has 0 spiro atoms. The third-order valence-electron chi connectivity index (χ3n) is 6.74. The van der Waals surface area contributed by atoms with E-state index < -0.39 is 0 Å². The Labute approximate surface area is 153 Å². The van der Waals surface area contributed by atoms with Crippen molar-refractivity contribution in [3.63, 3.8) is 0 Å². The number of amides is 1. The molecule has 5 rings (SSSR count). The zero-order valence-electron chi connectivity index (χ0n) is 14.6. The Morgan fingerprint density at radius 1 is 1.21 bits per heavy atom. The molecule has 0 aromatic heterocycles. The van der Waals surface area contributed by atoms with Gasteiger partial charge in [-0.1, -0.05) is 53.2 Å². The van der Waals surface area contributed by atoms with Crippen LogP contribution in [0.15, 0.2) is 30.3 Å². The van der Waals surface area contributed by atoms with Crippen LogP contribution >= 0.6 is 15.9 Å². The maximum Gasteiger partial charge on any atom is 0.226 e. The smallest absolute Gasteiger partial charge is 0.226 e. The maximum atomic E-state index is 13.2. The van der Waals surface area contributed by atoms with Crippen LogP contribution in [0.25, 0.3) is 0 Å². The largest absolute Gasteiger partial charge is 0.355 e. The molecule has 4 bridgehead atoms. The van der Waals surface area contributed by atoms with Gasteiger partial charge in [0, 0.05) is 16.8 Å². The molecule has 1 amide bonds. The van der Waals surface area contributed by atoms with Crippen molar-refractivity contribution >= 4 is 21.8 Å². The molecule has 3 unspecified atom stereocenters. The van der Waals surface area contributed by atoms with Gasteiger partial charge in [-0.25, -0.2) is 0 Å². The van der Waals surface area contributed by atoms with Crippen molar-refractivity contribution in [1.29, 1.82) is 0 Å². The van der Waals surface area contributed by atoms with E-state index in [4.69, 9.17) is 0 Å². The standard InChI is InChI=1S/C21H28BrNO/c1-2-17(18-6-4-3-5-7-18)13-23-19(24)20-9-15-8-16(10-20)12-21(22,11-15)14-20/h3-7,15-17H,2,8-14H2,1H3,(H,23,24). The fraction of sp³-hybridized carbons (Fsp3) is 0.667. The summed E-state index contributed by atoms with van der Waals surface area (Å²) in [5.74, 6) is 2.26. The van der Waals surface area contributed by atoms with Crippen molar-refractivity contribution in [3.8, 4) is 0 Å². The molecule has 1 aromatic rings. The second-order valence-corrected chi connectivity index (χ2v) is 10.3. The lowest BCUT2D eigenvalue weighted by Crippen LogP contribution is -2.58. The van der Waals surface area contributed by atoms with Crippen molar-refractivity contribution in [2.24, 2.45) is 17.3 Å². The van der Waals surface area contributed by atoms with Gasteiger partial charge in [0.25, 0.3) is 0 Å². The van der Waals surface area contributed by atoms with Crippen LogP contribution in [0.2, 0.25) is 0 Å². The van der Waals surface area contributed by atoms with Gasteiger partial charge in [-0.3, -0.25) is 4.79 Å². The highest BCUT2D eigenvalue weighted by atomic mass is 79.9. The van der Waals surface area contributed by atoms with Crippen LogP contribution in [-0.4, -0.2) is 16.8 Å². The van der Waals surface area contributed by atoms with Crippen LogP contribution in [0.1, 0.15) is 63.4 Å². The van der Waals surface area contributed by atoms with E-state index in [1.807, 2.05) is 0 Å². The fourth-order valence-electron chi connectivity index (χ4n) is 6.04. The van der Waals surface area contributed by atoms with Gasteiger partial charge in [-0.2, -0.15) is 0 Å². The summed E-state index contributed by atoms with van der Waals surface area (Å²) in [6, 6.07) is 10.6. The van der Waals surface area contributed by atoms with Crippen molar-refractivity contribution in [2.45, 2.75) is 62.1 Å². The predicted octanol–water partition coefficient (Wildman–Crippen LogP) is 5.03. The van der Waals surface area contributed by atoms with E-state index in [0.29, 0.717) is 11.8 Å². The van der Waals surface area contributed by atoms with Crippen molar-refractivity contribution in [3.05, 3.63) is 35.9 Å². The first-order valence-corrected chi connectivity index (χ1v) is 10.3. The number of carbonyl (C=O) groups excluding carboxylic acids is 1. The second kappa shape index (κ2) is 6.16. The maximum absolute atomic E-state index is 13.2. The van der Waals surface area contributed by atoms with Gasteiger partial charge >= 0.3 is 0 Å². The Kier molecular flexibility index (Phi) is 4.27. The lowest BCUT2D eigenvalue weighted by Gasteiger charge is -2.59. The zero-order valence-corrected chi connectivity index (χ0v) is 16.1. The summed E-state index contributed by atoms with van der Waals surface area (Å²) in [6.45, 7) is 2.98. The quantitative estimate of drug-likeness (QED) is 0.702. The summed E-state index contributed by atoms with van der Waals surface area (Å²) in [5, 5.41) is 3.35. The molecule has 130 valence electrons. The summed E-state index contributed by atoms with van der Waals surface area (Å²) in [4.78, 5) is 13.2. The summed E-state index contributed by atoms with van der Waals surface area (Å²) in [5.41, 5.74) is 1.24. The van der Waals surface area contributed by atoms with E-state index in [-0.39, 0.29) is 9.74 Å². The number of hydrogen-bond acceptors (Lipinski definition) is 1. The minimum absolute atomic E-state index is 0.0947. The van der Waals surface area contributed by atoms with Crippen LogP contribution in [0.3, 0.4) is 0 Å². The molecule has 2 nitrogen and oxygen atoms in total. The molecule has 3 heteroatoms. The van der Waals surface area contributed by atoms with Crippen LogP contribution in [0, 0.1) is 17.3 Å². The van der Waals surface area contributed by atoms with Crippen LogP contribution in [0.5, 0.6) is 0 Å². The molecular formula is C21H28BrNO. The van der Waals surface area contributed by atoms with Crippen LogP contribution in [-0.2, 0) is 4.79 Å². The molecule has 0 radical (unpaired) electrons. The SMILES string of the molecule is CCC(CNC(=O)C12CC3CC(CC(Br)(C3)C1)C2)c1ccccc1. The molecule has 4 aliphatic rings. The minimum Gasteiger partial charge on any atom is -0.355 e. The third kappa shape index (κ3) is 2.94. The highest BCUT2D eigenvalue weighted by Crippen LogP contribution is 2.64. The zero-order chi connectivity index (χ0) is 16.8. The number of carbonyl (C=O) groups is 1. The first-order valence-electron chi connectivity index (χ1n) is 9.54. The van der Waals surface area contributed by atoms with E-state index >= 15 is 0 Å². The van der Waals surface area contributed by atoms with E-state index in [0.717, 1.165) is 44.1 Å². The highest BCUT2D eigenvalue weighted by Gasteiger charge is 2.59. The molecule has 1 N–H and O–H groups in total. The number of rotatable bonds is 5. The fourth-order valence-corrected chi connectivity index (χ4v) is 7.50. The first kappa shape index (κ1) is 16.6. The lowest BCUT2D eigenvalue weighted by molar-refractivity contribution is -0.144. The summed E-state index contributed by atoms with van der Waals surface area (Å²) >= 11 is 4.01. The van der Waals surface area contributed by atoms with Gasteiger partial charge in [0.2, 0.25) is 5.91 Å². The summed E-state index contributed by atoms with van der Waals surface area (Å²) < 4.78 is 0.248. The number of benzene rings is 1. The normalized spacial score (nSPS) is 38.1. The van der Waals surface area contributed by atoms with E-state index in [9.17, 15) is 4.79 Å². The number of hydrogen-bond donors (Lipinski definition) is 1. The van der Waals surface area contributed by atoms with E-state index in [2.05, 4.69) is 58.5 Å². The Morgan fingerprint density at radius 2 is 1.88 bits per heavy atom. The Hall–Kier alpha value is -0.830. The summed E-state index contributed by atoms with van der Waals surface area (Å²) in [7, 11) is 0. The van der Waals surface area contributed by atoms with Gasteiger partial charge in [0.05, 0.1) is 5.41 Å². The van der Waals surface area contributed by atoms with E-state index in [1.165, 1.54) is 24.8 Å². The topological polar surface area (TPSA) is 29.1 Å². The first-order chi connectivity index (χ1) is 11.5. The van der Waals surface area contributed by atoms with Crippen molar-refractivity contribution < 1.29 is 4.79 Å². The molecule has 4 aliphatic carbocycles. The van der Waals surface area contributed by atoms with Gasteiger partial charge in [-0.15, -0.1) is 0 Å². The number of alkyl halides is 1. The average Bonchev–Trinajstić information content (AvgIpc) is 2.54. The molecule has 4 saturated carbocycles. The average molecular weight is 390 g/mol. The molecule has 4 fully saturated rings. The molecule has 24 heavy (non-hydrogen) atoms. The number of nitrogens with one attached hydrogen (secondary N) is 1.